The zero-order valence-electron chi connectivity index (χ0n) is 11.3. The van der Waals surface area contributed by atoms with Crippen LogP contribution in [0.2, 0.25) is 10.0 Å². The van der Waals surface area contributed by atoms with Crippen molar-refractivity contribution in [3.05, 3.63) is 48.8 Å². The third kappa shape index (κ3) is 2.84. The smallest absolute Gasteiger partial charge is 0.278 e. The van der Waals surface area contributed by atoms with Gasteiger partial charge in [-0.05, 0) is 33.6 Å². The predicted molar refractivity (Wildman–Crippen MR) is 90.6 cm³/mol. The summed E-state index contributed by atoms with van der Waals surface area (Å²) in [6.45, 7) is 0.448. The van der Waals surface area contributed by atoms with Crippen LogP contribution in [0.25, 0.3) is 11.0 Å². The van der Waals surface area contributed by atoms with Gasteiger partial charge in [0.15, 0.2) is 10.1 Å². The summed E-state index contributed by atoms with van der Waals surface area (Å²) in [5, 5.41) is 8.15. The van der Waals surface area contributed by atoms with Crippen molar-refractivity contribution in [2.45, 2.75) is 6.54 Å². The van der Waals surface area contributed by atoms with Crippen molar-refractivity contribution < 1.29 is 0 Å². The predicted octanol–water partition coefficient (Wildman–Crippen LogP) is 3.34. The normalized spacial score (nSPS) is 11.1. The molecule has 2 heterocycles. The van der Waals surface area contributed by atoms with E-state index in [-0.39, 0.29) is 5.56 Å². The van der Waals surface area contributed by atoms with Crippen LogP contribution in [0.4, 0.5) is 5.95 Å². The molecule has 0 atom stereocenters. The van der Waals surface area contributed by atoms with E-state index in [0.29, 0.717) is 38.2 Å². The van der Waals surface area contributed by atoms with E-state index in [0.717, 1.165) is 5.56 Å². The van der Waals surface area contributed by atoms with E-state index in [1.165, 1.54) is 4.68 Å². The zero-order valence-corrected chi connectivity index (χ0v) is 14.4. The van der Waals surface area contributed by atoms with E-state index in [1.54, 1.807) is 19.2 Å². The Kier molecular flexibility index (Phi) is 4.12. The van der Waals surface area contributed by atoms with Gasteiger partial charge in [0.25, 0.3) is 5.56 Å². The van der Waals surface area contributed by atoms with Crippen LogP contribution < -0.4 is 10.9 Å². The molecule has 0 amide bonds. The van der Waals surface area contributed by atoms with Crippen molar-refractivity contribution >= 4 is 56.1 Å². The van der Waals surface area contributed by atoms with Gasteiger partial charge in [0.05, 0.1) is 10.0 Å². The largest absolute Gasteiger partial charge is 0.352 e. The Hall–Kier alpha value is -1.57. The first-order chi connectivity index (χ1) is 10.5. The fourth-order valence-corrected chi connectivity index (χ4v) is 2.89. The fourth-order valence-electron chi connectivity index (χ4n) is 2.06. The summed E-state index contributed by atoms with van der Waals surface area (Å²) in [5.74, 6) is 0.359. The molecular weight excluding hydrogens is 393 g/mol. The number of halogens is 3. The molecule has 1 aromatic carbocycles. The SMILES string of the molecule is Cn1nc(Br)c2nc(NCc3ccc(Cl)c(Cl)c3)[nH]c(=O)c21. The van der Waals surface area contributed by atoms with Gasteiger partial charge < -0.3 is 5.32 Å². The summed E-state index contributed by atoms with van der Waals surface area (Å²) in [6, 6.07) is 5.32. The molecule has 0 unspecified atom stereocenters. The third-order valence-corrected chi connectivity index (χ3v) is 4.37. The topological polar surface area (TPSA) is 75.6 Å². The Morgan fingerprint density at radius 2 is 2.14 bits per heavy atom. The lowest BCUT2D eigenvalue weighted by Crippen LogP contribution is -2.15. The fraction of sp³-hybridized carbons (Fsp3) is 0.154. The van der Waals surface area contributed by atoms with E-state index >= 15 is 0 Å². The Morgan fingerprint density at radius 3 is 2.86 bits per heavy atom. The van der Waals surface area contributed by atoms with Crippen LogP contribution in [0.1, 0.15) is 5.56 Å². The van der Waals surface area contributed by atoms with E-state index in [9.17, 15) is 4.79 Å². The second-order valence-electron chi connectivity index (χ2n) is 4.63. The number of hydrogen-bond acceptors (Lipinski definition) is 4. The lowest BCUT2D eigenvalue weighted by atomic mass is 10.2. The average Bonchev–Trinajstić information content (AvgIpc) is 2.75. The highest BCUT2D eigenvalue weighted by molar-refractivity contribution is 9.10. The molecule has 0 aliphatic carbocycles. The number of nitrogens with zero attached hydrogens (tertiary/aromatic N) is 3. The molecule has 0 fully saturated rings. The molecule has 114 valence electrons. The number of rotatable bonds is 3. The second-order valence-corrected chi connectivity index (χ2v) is 6.19. The summed E-state index contributed by atoms with van der Waals surface area (Å²) in [7, 11) is 1.69. The summed E-state index contributed by atoms with van der Waals surface area (Å²) >= 11 is 15.1. The molecule has 0 saturated heterocycles. The number of aryl methyl sites for hydroxylation is 1. The van der Waals surface area contributed by atoms with Crippen molar-refractivity contribution in [2.24, 2.45) is 7.05 Å². The molecule has 0 spiro atoms. The molecule has 3 rings (SSSR count). The minimum atomic E-state index is -0.262. The molecule has 0 bridgehead atoms. The van der Waals surface area contributed by atoms with Crippen LogP contribution in [0.15, 0.2) is 27.6 Å². The number of H-pyrrole nitrogens is 1. The lowest BCUT2D eigenvalue weighted by molar-refractivity contribution is 0.784. The standard InChI is InChI=1S/C13H10BrCl2N5O/c1-21-10-9(11(14)20-21)18-13(19-12(10)22)17-5-6-2-3-7(15)8(16)4-6/h2-4H,5H2,1H3,(H2,17,18,19,22). The Bertz CT molecular complexity index is 921. The maximum atomic E-state index is 12.1. The molecule has 0 aliphatic rings. The van der Waals surface area contributed by atoms with Crippen molar-refractivity contribution in [3.8, 4) is 0 Å². The number of aromatic amines is 1. The number of nitrogens with one attached hydrogen (secondary N) is 2. The van der Waals surface area contributed by atoms with Gasteiger partial charge in [0.1, 0.15) is 5.52 Å². The van der Waals surface area contributed by atoms with Crippen LogP contribution in [-0.2, 0) is 13.6 Å². The molecule has 9 heteroatoms. The molecule has 22 heavy (non-hydrogen) atoms. The van der Waals surface area contributed by atoms with Crippen LogP contribution >= 0.6 is 39.1 Å². The van der Waals surface area contributed by atoms with Crippen LogP contribution in [-0.4, -0.2) is 19.7 Å². The molecule has 0 radical (unpaired) electrons. The molecule has 3 aromatic rings. The van der Waals surface area contributed by atoms with Crippen molar-refractivity contribution in [3.63, 3.8) is 0 Å². The van der Waals surface area contributed by atoms with Gasteiger partial charge in [0.2, 0.25) is 5.95 Å². The summed E-state index contributed by atoms with van der Waals surface area (Å²) in [6.07, 6.45) is 0. The number of anilines is 1. The summed E-state index contributed by atoms with van der Waals surface area (Å²) in [5.41, 5.74) is 1.57. The van der Waals surface area contributed by atoms with E-state index in [1.807, 2.05) is 6.07 Å². The second kappa shape index (κ2) is 5.91. The van der Waals surface area contributed by atoms with E-state index < -0.39 is 0 Å². The Balaban J connectivity index is 1.89. The Morgan fingerprint density at radius 1 is 1.36 bits per heavy atom. The van der Waals surface area contributed by atoms with Gasteiger partial charge in [-0.15, -0.1) is 0 Å². The highest BCUT2D eigenvalue weighted by Gasteiger charge is 2.13. The highest BCUT2D eigenvalue weighted by Crippen LogP contribution is 2.23. The van der Waals surface area contributed by atoms with Crippen molar-refractivity contribution in [1.82, 2.24) is 19.7 Å². The van der Waals surface area contributed by atoms with Crippen LogP contribution in [0, 0.1) is 0 Å². The van der Waals surface area contributed by atoms with Gasteiger partial charge in [-0.1, -0.05) is 29.3 Å². The quantitative estimate of drug-likeness (QED) is 0.704. The third-order valence-electron chi connectivity index (χ3n) is 3.10. The van der Waals surface area contributed by atoms with E-state index in [4.69, 9.17) is 23.2 Å². The number of aromatic nitrogens is 4. The number of hydrogen-bond donors (Lipinski definition) is 2. The minimum Gasteiger partial charge on any atom is -0.352 e. The molecule has 0 saturated carbocycles. The highest BCUT2D eigenvalue weighted by atomic mass is 79.9. The summed E-state index contributed by atoms with van der Waals surface area (Å²) in [4.78, 5) is 19.1. The maximum Gasteiger partial charge on any atom is 0.278 e. The molecule has 2 aromatic heterocycles. The number of fused-ring (bicyclic) bond motifs is 1. The Labute approximate surface area is 143 Å². The monoisotopic (exact) mass is 401 g/mol. The molecule has 2 N–H and O–H groups in total. The molecule has 6 nitrogen and oxygen atoms in total. The first-order valence-electron chi connectivity index (χ1n) is 6.26. The minimum absolute atomic E-state index is 0.262. The molecular formula is C13H10BrCl2N5O. The van der Waals surface area contributed by atoms with Gasteiger partial charge in [-0.25, -0.2) is 4.98 Å². The van der Waals surface area contributed by atoms with Gasteiger partial charge in [0, 0.05) is 13.6 Å². The van der Waals surface area contributed by atoms with Crippen LogP contribution in [0.3, 0.4) is 0 Å². The zero-order chi connectivity index (χ0) is 15.9. The van der Waals surface area contributed by atoms with Crippen molar-refractivity contribution in [2.75, 3.05) is 5.32 Å². The van der Waals surface area contributed by atoms with Crippen molar-refractivity contribution in [1.29, 1.82) is 0 Å². The average molecular weight is 403 g/mol. The first-order valence-corrected chi connectivity index (χ1v) is 7.81. The summed E-state index contributed by atoms with van der Waals surface area (Å²) < 4.78 is 2.00. The lowest BCUT2D eigenvalue weighted by Gasteiger charge is -2.06. The van der Waals surface area contributed by atoms with Gasteiger partial charge in [-0.3, -0.25) is 14.5 Å². The molecule has 0 aliphatic heterocycles. The first kappa shape index (κ1) is 15.3. The maximum absolute atomic E-state index is 12.1. The number of benzene rings is 1. The van der Waals surface area contributed by atoms with Gasteiger partial charge >= 0.3 is 0 Å². The van der Waals surface area contributed by atoms with Gasteiger partial charge in [-0.2, -0.15) is 5.10 Å². The van der Waals surface area contributed by atoms with Crippen LogP contribution in [0.5, 0.6) is 0 Å². The van der Waals surface area contributed by atoms with E-state index in [2.05, 4.69) is 36.3 Å².